The van der Waals surface area contributed by atoms with Gasteiger partial charge in [0.15, 0.2) is 0 Å². The van der Waals surface area contributed by atoms with Gasteiger partial charge in [-0.1, -0.05) is 19.8 Å². The molecule has 0 aliphatic carbocycles. The quantitative estimate of drug-likeness (QED) is 0.693. The molecule has 0 atom stereocenters. The largest absolute Gasteiger partial charge is 0.344 e. The van der Waals surface area contributed by atoms with Crippen molar-refractivity contribution in [2.75, 3.05) is 19.6 Å². The van der Waals surface area contributed by atoms with E-state index in [-0.39, 0.29) is 18.0 Å². The lowest BCUT2D eigenvalue weighted by Crippen LogP contribution is -2.34. The summed E-state index contributed by atoms with van der Waals surface area (Å²) in [4.78, 5) is 23.3. The van der Waals surface area contributed by atoms with Gasteiger partial charge < -0.3 is 9.88 Å². The molecule has 0 aromatic carbocycles. The van der Waals surface area contributed by atoms with Gasteiger partial charge in [0.2, 0.25) is 15.9 Å². The Morgan fingerprint density at radius 1 is 1.36 bits per heavy atom. The number of rotatable bonds is 7. The summed E-state index contributed by atoms with van der Waals surface area (Å²) in [6.07, 6.45) is 6.20. The highest BCUT2D eigenvalue weighted by Gasteiger charge is 2.22. The van der Waals surface area contributed by atoms with Crippen molar-refractivity contribution in [3.63, 3.8) is 0 Å². The molecule has 0 bridgehead atoms. The van der Waals surface area contributed by atoms with Crippen LogP contribution in [-0.4, -0.2) is 42.8 Å². The monoisotopic (exact) mass is 325 g/mol. The van der Waals surface area contributed by atoms with Crippen molar-refractivity contribution >= 4 is 15.9 Å². The molecule has 1 aromatic heterocycles. The van der Waals surface area contributed by atoms with E-state index < -0.39 is 21.5 Å². The van der Waals surface area contributed by atoms with Gasteiger partial charge in [-0.05, 0) is 6.07 Å². The molecule has 7 nitrogen and oxygen atoms in total. The molecule has 22 heavy (non-hydrogen) atoms. The third-order valence-corrected chi connectivity index (χ3v) is 5.03. The Hall–Kier alpha value is -2.11. The zero-order valence-corrected chi connectivity index (χ0v) is 13.4. The standard InChI is InChI=1S/C14H19N3O4S/c1-4-9-15-13(18)11-16-10-12(7-8-14(16)19)22(20,21)17(5-2)6-3/h1,7-8,10H,5-6,9,11H2,2-3H3,(H,15,18). The van der Waals surface area contributed by atoms with Crippen LogP contribution in [0.5, 0.6) is 0 Å². The van der Waals surface area contributed by atoms with E-state index in [0.29, 0.717) is 13.1 Å². The Kier molecular flexibility index (Phi) is 6.34. The molecule has 1 amide bonds. The third-order valence-electron chi connectivity index (χ3n) is 3.00. The number of aromatic nitrogens is 1. The number of terminal acetylenes is 1. The van der Waals surface area contributed by atoms with Gasteiger partial charge in [-0.2, -0.15) is 4.31 Å². The number of hydrogen-bond donors (Lipinski definition) is 1. The van der Waals surface area contributed by atoms with Crippen molar-refractivity contribution in [1.29, 1.82) is 0 Å². The van der Waals surface area contributed by atoms with Crippen LogP contribution in [0.3, 0.4) is 0 Å². The number of amides is 1. The van der Waals surface area contributed by atoms with Crippen molar-refractivity contribution < 1.29 is 13.2 Å². The predicted molar refractivity (Wildman–Crippen MR) is 82.7 cm³/mol. The summed E-state index contributed by atoms with van der Waals surface area (Å²) in [5.74, 6) is 1.78. The summed E-state index contributed by atoms with van der Waals surface area (Å²) in [6, 6.07) is 2.37. The first-order valence-electron chi connectivity index (χ1n) is 6.77. The van der Waals surface area contributed by atoms with E-state index in [1.54, 1.807) is 13.8 Å². The van der Waals surface area contributed by atoms with Crippen LogP contribution in [0.1, 0.15) is 13.8 Å². The third kappa shape index (κ3) is 4.19. The van der Waals surface area contributed by atoms with Crippen molar-refractivity contribution in [1.82, 2.24) is 14.2 Å². The Morgan fingerprint density at radius 2 is 2.00 bits per heavy atom. The van der Waals surface area contributed by atoms with Crippen LogP contribution in [0, 0.1) is 12.3 Å². The maximum Gasteiger partial charge on any atom is 0.251 e. The lowest BCUT2D eigenvalue weighted by molar-refractivity contribution is -0.121. The van der Waals surface area contributed by atoms with E-state index in [4.69, 9.17) is 6.42 Å². The van der Waals surface area contributed by atoms with Gasteiger partial charge in [0, 0.05) is 25.4 Å². The summed E-state index contributed by atoms with van der Waals surface area (Å²) in [5.41, 5.74) is -0.464. The average Bonchev–Trinajstić information content (AvgIpc) is 2.48. The second kappa shape index (κ2) is 7.77. The van der Waals surface area contributed by atoms with Gasteiger partial charge in [0.05, 0.1) is 11.4 Å². The van der Waals surface area contributed by atoms with Gasteiger partial charge in [0.25, 0.3) is 5.56 Å². The second-order valence-corrected chi connectivity index (χ2v) is 6.34. The summed E-state index contributed by atoms with van der Waals surface area (Å²) in [5, 5.41) is 2.42. The van der Waals surface area contributed by atoms with E-state index >= 15 is 0 Å². The van der Waals surface area contributed by atoms with Crippen molar-refractivity contribution in [3.8, 4) is 12.3 Å². The van der Waals surface area contributed by atoms with Gasteiger partial charge in [-0.15, -0.1) is 6.42 Å². The van der Waals surface area contributed by atoms with Crippen LogP contribution >= 0.6 is 0 Å². The van der Waals surface area contributed by atoms with Crippen molar-refractivity contribution in [2.24, 2.45) is 0 Å². The van der Waals surface area contributed by atoms with Crippen LogP contribution in [0.2, 0.25) is 0 Å². The molecule has 0 spiro atoms. The molecule has 1 aromatic rings. The summed E-state index contributed by atoms with van der Waals surface area (Å²) >= 11 is 0. The fourth-order valence-electron chi connectivity index (χ4n) is 1.86. The van der Waals surface area contributed by atoms with Crippen LogP contribution < -0.4 is 10.9 Å². The van der Waals surface area contributed by atoms with Crippen LogP contribution in [0.4, 0.5) is 0 Å². The fourth-order valence-corrected chi connectivity index (χ4v) is 3.34. The van der Waals surface area contributed by atoms with E-state index in [9.17, 15) is 18.0 Å². The SMILES string of the molecule is C#CCNC(=O)Cn1cc(S(=O)(=O)N(CC)CC)ccc1=O. The minimum Gasteiger partial charge on any atom is -0.344 e. The number of carbonyl (C=O) groups excluding carboxylic acids is 1. The number of nitrogens with zero attached hydrogens (tertiary/aromatic N) is 2. The molecule has 0 fully saturated rings. The van der Waals surface area contributed by atoms with E-state index in [1.807, 2.05) is 0 Å². The molecule has 0 unspecified atom stereocenters. The molecule has 0 aliphatic heterocycles. The van der Waals surface area contributed by atoms with Crippen LogP contribution in [0.25, 0.3) is 0 Å². The van der Waals surface area contributed by atoms with Gasteiger partial charge in [0.1, 0.15) is 6.54 Å². The minimum atomic E-state index is -3.68. The molecule has 120 valence electrons. The molecule has 0 saturated heterocycles. The first kappa shape index (κ1) is 17.9. The summed E-state index contributed by atoms with van der Waals surface area (Å²) in [6.45, 7) is 3.85. The highest BCUT2D eigenvalue weighted by atomic mass is 32.2. The van der Waals surface area contributed by atoms with E-state index in [2.05, 4.69) is 11.2 Å². The average molecular weight is 325 g/mol. The Labute approximate surface area is 130 Å². The highest BCUT2D eigenvalue weighted by molar-refractivity contribution is 7.89. The number of nitrogens with one attached hydrogen (secondary N) is 1. The predicted octanol–water partition coefficient (Wildman–Crippen LogP) is -0.372. The molecule has 1 rings (SSSR count). The minimum absolute atomic E-state index is 0.0273. The maximum atomic E-state index is 12.4. The lowest BCUT2D eigenvalue weighted by Gasteiger charge is -2.18. The molecule has 1 N–H and O–H groups in total. The normalized spacial score (nSPS) is 11.2. The molecule has 8 heteroatoms. The number of hydrogen-bond acceptors (Lipinski definition) is 4. The molecular formula is C14H19N3O4S. The van der Waals surface area contributed by atoms with E-state index in [1.165, 1.54) is 16.6 Å². The number of pyridine rings is 1. The fraction of sp³-hybridized carbons (Fsp3) is 0.429. The molecule has 0 radical (unpaired) electrons. The number of sulfonamides is 1. The zero-order chi connectivity index (χ0) is 16.8. The first-order valence-corrected chi connectivity index (χ1v) is 8.21. The van der Waals surface area contributed by atoms with E-state index in [0.717, 1.165) is 10.6 Å². The van der Waals surface area contributed by atoms with Gasteiger partial charge in [-0.25, -0.2) is 8.42 Å². The molecule has 0 aliphatic rings. The topological polar surface area (TPSA) is 88.5 Å². The zero-order valence-electron chi connectivity index (χ0n) is 12.6. The summed E-state index contributed by atoms with van der Waals surface area (Å²) in [7, 11) is -3.68. The number of carbonyl (C=O) groups is 1. The Morgan fingerprint density at radius 3 is 2.55 bits per heavy atom. The maximum absolute atomic E-state index is 12.4. The second-order valence-electron chi connectivity index (χ2n) is 4.40. The van der Waals surface area contributed by atoms with Crippen molar-refractivity contribution in [3.05, 3.63) is 28.7 Å². The first-order chi connectivity index (χ1) is 10.4. The van der Waals surface area contributed by atoms with Gasteiger partial charge >= 0.3 is 0 Å². The highest BCUT2D eigenvalue weighted by Crippen LogP contribution is 2.13. The molecule has 0 saturated carbocycles. The summed E-state index contributed by atoms with van der Waals surface area (Å²) < 4.78 is 27.1. The molecule has 1 heterocycles. The van der Waals surface area contributed by atoms with Gasteiger partial charge in [-0.3, -0.25) is 9.59 Å². The van der Waals surface area contributed by atoms with Crippen molar-refractivity contribution in [2.45, 2.75) is 25.3 Å². The Bertz CT molecular complexity index is 727. The smallest absolute Gasteiger partial charge is 0.251 e. The molecular weight excluding hydrogens is 306 g/mol. The van der Waals surface area contributed by atoms with Crippen LogP contribution in [0.15, 0.2) is 28.0 Å². The van der Waals surface area contributed by atoms with Crippen LogP contribution in [-0.2, 0) is 21.4 Å². The Balaban J connectivity index is 3.12. The lowest BCUT2D eigenvalue weighted by atomic mass is 10.4.